The first-order valence-electron chi connectivity index (χ1n) is 7.63. The van der Waals surface area contributed by atoms with Gasteiger partial charge in [-0.2, -0.15) is 0 Å². The van der Waals surface area contributed by atoms with Crippen molar-refractivity contribution in [1.29, 1.82) is 0 Å². The van der Waals surface area contributed by atoms with E-state index in [4.69, 9.17) is 0 Å². The normalized spacial score (nSPS) is 13.4. The predicted octanol–water partition coefficient (Wildman–Crippen LogP) is 1.74. The molecule has 1 heterocycles. The Labute approximate surface area is 135 Å². The highest BCUT2D eigenvalue weighted by Crippen LogP contribution is 2.15. The van der Waals surface area contributed by atoms with E-state index < -0.39 is 6.10 Å². The van der Waals surface area contributed by atoms with Crippen molar-refractivity contribution in [2.75, 3.05) is 13.6 Å². The molecule has 2 unspecified atom stereocenters. The third kappa shape index (κ3) is 4.79. The fourth-order valence-corrected chi connectivity index (χ4v) is 2.12. The Morgan fingerprint density at radius 3 is 2.61 bits per heavy atom. The molecule has 2 rings (SSSR count). The molecule has 0 aliphatic carbocycles. The number of urea groups is 1. The number of carbonyl (C=O) groups is 1. The van der Waals surface area contributed by atoms with E-state index in [0.29, 0.717) is 13.0 Å². The van der Waals surface area contributed by atoms with Gasteiger partial charge in [-0.25, -0.2) is 9.48 Å². The molecule has 2 atom stereocenters. The maximum atomic E-state index is 12.1. The molecule has 23 heavy (non-hydrogen) atoms. The van der Waals surface area contributed by atoms with E-state index in [1.807, 2.05) is 31.2 Å². The van der Waals surface area contributed by atoms with Crippen molar-refractivity contribution in [1.82, 2.24) is 25.2 Å². The molecule has 0 radical (unpaired) electrons. The molecule has 0 saturated heterocycles. The number of carbonyl (C=O) groups excluding carboxylic acids is 1. The highest BCUT2D eigenvalue weighted by Gasteiger charge is 2.14. The van der Waals surface area contributed by atoms with Gasteiger partial charge in [0.1, 0.15) is 0 Å². The summed E-state index contributed by atoms with van der Waals surface area (Å²) in [7, 11) is 1.72. The van der Waals surface area contributed by atoms with Crippen LogP contribution in [0.2, 0.25) is 0 Å². The molecule has 0 spiro atoms. The number of hydrogen-bond donors (Lipinski definition) is 2. The minimum absolute atomic E-state index is 0.110. The summed E-state index contributed by atoms with van der Waals surface area (Å²) in [4.78, 5) is 13.7. The topological polar surface area (TPSA) is 83.3 Å². The van der Waals surface area contributed by atoms with E-state index in [2.05, 4.69) is 15.6 Å². The van der Waals surface area contributed by atoms with Crippen LogP contribution in [-0.4, -0.2) is 50.7 Å². The predicted molar refractivity (Wildman–Crippen MR) is 87.2 cm³/mol. The largest absolute Gasteiger partial charge is 0.393 e. The van der Waals surface area contributed by atoms with E-state index in [0.717, 1.165) is 11.3 Å². The van der Waals surface area contributed by atoms with Crippen LogP contribution in [0.1, 0.15) is 31.9 Å². The van der Waals surface area contributed by atoms with E-state index in [-0.39, 0.29) is 12.1 Å². The van der Waals surface area contributed by atoms with E-state index in [1.165, 1.54) is 0 Å². The number of hydrogen-bond acceptors (Lipinski definition) is 4. The molecule has 0 fully saturated rings. The number of amides is 2. The number of nitrogens with zero attached hydrogens (tertiary/aromatic N) is 4. The number of nitrogens with one attached hydrogen (secondary N) is 1. The summed E-state index contributed by atoms with van der Waals surface area (Å²) in [5, 5.41) is 19.9. The Kier molecular flexibility index (Phi) is 5.70. The summed E-state index contributed by atoms with van der Waals surface area (Å²) in [6.45, 7) is 4.16. The SMILES string of the molecule is CC(O)CCN(C)C(=O)NC(C)c1ccc(-n2ccnn2)cc1. The van der Waals surface area contributed by atoms with Gasteiger partial charge < -0.3 is 15.3 Å². The molecule has 0 bridgehead atoms. The fraction of sp³-hybridized carbons (Fsp3) is 0.438. The monoisotopic (exact) mass is 317 g/mol. The summed E-state index contributed by atoms with van der Waals surface area (Å²) in [5.74, 6) is 0. The molecule has 0 aliphatic heterocycles. The van der Waals surface area contributed by atoms with Crippen LogP contribution in [0.15, 0.2) is 36.7 Å². The van der Waals surface area contributed by atoms with Crippen LogP contribution in [0, 0.1) is 0 Å². The number of rotatable bonds is 6. The first-order chi connectivity index (χ1) is 11.0. The maximum absolute atomic E-state index is 12.1. The molecular formula is C16H23N5O2. The number of aliphatic hydroxyl groups is 1. The lowest BCUT2D eigenvalue weighted by molar-refractivity contribution is 0.162. The van der Waals surface area contributed by atoms with Crippen LogP contribution in [-0.2, 0) is 0 Å². The third-order valence-corrected chi connectivity index (χ3v) is 3.65. The van der Waals surface area contributed by atoms with Crippen molar-refractivity contribution in [3.8, 4) is 5.69 Å². The van der Waals surface area contributed by atoms with Crippen molar-refractivity contribution in [2.45, 2.75) is 32.4 Å². The van der Waals surface area contributed by atoms with Gasteiger partial charge in [0.05, 0.1) is 30.2 Å². The van der Waals surface area contributed by atoms with Crippen molar-refractivity contribution in [3.63, 3.8) is 0 Å². The minimum Gasteiger partial charge on any atom is -0.393 e. The van der Waals surface area contributed by atoms with Gasteiger partial charge in [0, 0.05) is 13.6 Å². The Morgan fingerprint density at radius 2 is 2.04 bits per heavy atom. The molecule has 7 nitrogen and oxygen atoms in total. The van der Waals surface area contributed by atoms with Gasteiger partial charge >= 0.3 is 6.03 Å². The summed E-state index contributed by atoms with van der Waals surface area (Å²) < 4.78 is 1.68. The van der Waals surface area contributed by atoms with Crippen molar-refractivity contribution in [2.24, 2.45) is 0 Å². The molecule has 1 aromatic carbocycles. The quantitative estimate of drug-likeness (QED) is 0.850. The lowest BCUT2D eigenvalue weighted by Crippen LogP contribution is -2.39. The highest BCUT2D eigenvalue weighted by atomic mass is 16.3. The van der Waals surface area contributed by atoms with Gasteiger partial charge in [-0.3, -0.25) is 0 Å². The minimum atomic E-state index is -0.410. The molecule has 7 heteroatoms. The zero-order chi connectivity index (χ0) is 16.8. The van der Waals surface area contributed by atoms with Gasteiger partial charge in [0.15, 0.2) is 0 Å². The van der Waals surface area contributed by atoms with Crippen LogP contribution in [0.5, 0.6) is 0 Å². The molecule has 0 aliphatic rings. The van der Waals surface area contributed by atoms with Crippen molar-refractivity contribution in [3.05, 3.63) is 42.2 Å². The average Bonchev–Trinajstić information content (AvgIpc) is 3.07. The summed E-state index contributed by atoms with van der Waals surface area (Å²) in [5.41, 5.74) is 1.92. The van der Waals surface area contributed by atoms with E-state index in [1.54, 1.807) is 35.9 Å². The zero-order valence-corrected chi connectivity index (χ0v) is 13.7. The molecule has 2 aromatic rings. The van der Waals surface area contributed by atoms with Crippen LogP contribution < -0.4 is 5.32 Å². The van der Waals surface area contributed by atoms with Gasteiger partial charge in [-0.15, -0.1) is 5.10 Å². The fourth-order valence-electron chi connectivity index (χ4n) is 2.12. The van der Waals surface area contributed by atoms with Crippen LogP contribution >= 0.6 is 0 Å². The van der Waals surface area contributed by atoms with Crippen LogP contribution in [0.25, 0.3) is 5.69 Å². The van der Waals surface area contributed by atoms with E-state index in [9.17, 15) is 9.90 Å². The molecular weight excluding hydrogens is 294 g/mol. The van der Waals surface area contributed by atoms with Gasteiger partial charge in [0.25, 0.3) is 0 Å². The molecule has 1 aromatic heterocycles. The molecule has 0 saturated carbocycles. The standard InChI is InChI=1S/C16H23N5O2/c1-12(22)8-10-20(3)16(23)18-13(2)14-4-6-15(7-5-14)21-11-9-17-19-21/h4-7,9,11-13,22H,8,10H2,1-3H3,(H,18,23). The Hall–Kier alpha value is -2.41. The summed E-state index contributed by atoms with van der Waals surface area (Å²) >= 11 is 0. The first kappa shape index (κ1) is 17.0. The second-order valence-electron chi connectivity index (χ2n) is 5.67. The number of benzene rings is 1. The molecule has 124 valence electrons. The lowest BCUT2D eigenvalue weighted by Gasteiger charge is -2.22. The maximum Gasteiger partial charge on any atom is 0.317 e. The third-order valence-electron chi connectivity index (χ3n) is 3.65. The summed E-state index contributed by atoms with van der Waals surface area (Å²) in [6, 6.07) is 7.52. The lowest BCUT2D eigenvalue weighted by atomic mass is 10.1. The number of aromatic nitrogens is 3. The van der Waals surface area contributed by atoms with Gasteiger partial charge in [0.2, 0.25) is 0 Å². The summed E-state index contributed by atoms with van der Waals surface area (Å²) in [6.07, 6.45) is 3.55. The Balaban J connectivity index is 1.92. The smallest absolute Gasteiger partial charge is 0.317 e. The van der Waals surface area contributed by atoms with Crippen LogP contribution in [0.4, 0.5) is 4.79 Å². The first-order valence-corrected chi connectivity index (χ1v) is 7.63. The van der Waals surface area contributed by atoms with Crippen LogP contribution in [0.3, 0.4) is 0 Å². The molecule has 2 amide bonds. The Morgan fingerprint density at radius 1 is 1.35 bits per heavy atom. The highest BCUT2D eigenvalue weighted by molar-refractivity contribution is 5.74. The Bertz CT molecular complexity index is 610. The van der Waals surface area contributed by atoms with Crippen molar-refractivity contribution < 1.29 is 9.90 Å². The average molecular weight is 317 g/mol. The zero-order valence-electron chi connectivity index (χ0n) is 13.7. The molecule has 2 N–H and O–H groups in total. The second-order valence-corrected chi connectivity index (χ2v) is 5.67. The van der Waals surface area contributed by atoms with E-state index >= 15 is 0 Å². The number of aliphatic hydroxyl groups excluding tert-OH is 1. The second kappa shape index (κ2) is 7.73. The van der Waals surface area contributed by atoms with Gasteiger partial charge in [-0.05, 0) is 38.0 Å². The van der Waals surface area contributed by atoms with Gasteiger partial charge in [-0.1, -0.05) is 17.3 Å². The van der Waals surface area contributed by atoms with Crippen molar-refractivity contribution >= 4 is 6.03 Å².